The Balaban J connectivity index is 2.60. The second-order valence-electron chi connectivity index (χ2n) is 3.98. The highest BCUT2D eigenvalue weighted by Crippen LogP contribution is 2.06. The number of aliphatic carboxylic acids is 1. The van der Waals surface area contributed by atoms with Crippen molar-refractivity contribution in [2.75, 3.05) is 25.2 Å². The summed E-state index contributed by atoms with van der Waals surface area (Å²) in [5.41, 5.74) is 0. The van der Waals surface area contributed by atoms with Gasteiger partial charge >= 0.3 is 5.97 Å². The highest BCUT2D eigenvalue weighted by Gasteiger charge is 2.24. The first kappa shape index (κ1) is 15.3. The first-order chi connectivity index (χ1) is 8.79. The van der Waals surface area contributed by atoms with Crippen molar-refractivity contribution in [1.29, 1.82) is 0 Å². The third kappa shape index (κ3) is 5.60. The number of hydrogen-bond acceptors (Lipinski definition) is 6. The molecule has 0 aromatic carbocycles. The molecule has 0 saturated heterocycles. The van der Waals surface area contributed by atoms with Crippen LogP contribution in [0.3, 0.4) is 0 Å². The van der Waals surface area contributed by atoms with Gasteiger partial charge in [-0.15, -0.1) is 0 Å². The Morgan fingerprint density at radius 1 is 1.47 bits per heavy atom. The number of ether oxygens (including phenoxy) is 2. The number of sulfone groups is 1. The molecule has 0 radical (unpaired) electrons. The van der Waals surface area contributed by atoms with Crippen LogP contribution in [0.4, 0.5) is 0 Å². The minimum Gasteiger partial charge on any atom is -0.494 e. The second kappa shape index (κ2) is 6.41. The van der Waals surface area contributed by atoms with Crippen molar-refractivity contribution in [3.63, 3.8) is 0 Å². The smallest absolute Gasteiger partial charge is 0.326 e. The van der Waals surface area contributed by atoms with E-state index in [2.05, 4.69) is 5.32 Å². The molecule has 1 atom stereocenters. The van der Waals surface area contributed by atoms with Crippen LogP contribution >= 0.6 is 0 Å². The molecule has 0 saturated carbocycles. The van der Waals surface area contributed by atoms with Gasteiger partial charge in [0, 0.05) is 6.26 Å². The van der Waals surface area contributed by atoms with E-state index >= 15 is 0 Å². The SMILES string of the molecule is CS(=O)(=O)CCC(NC(=O)C1=COCCO1)C(=O)O. The summed E-state index contributed by atoms with van der Waals surface area (Å²) in [5.74, 6) is -2.52. The summed E-state index contributed by atoms with van der Waals surface area (Å²) in [6.07, 6.45) is 1.87. The molecule has 2 N–H and O–H groups in total. The van der Waals surface area contributed by atoms with E-state index < -0.39 is 27.8 Å². The van der Waals surface area contributed by atoms with E-state index in [0.717, 1.165) is 12.5 Å². The monoisotopic (exact) mass is 293 g/mol. The second-order valence-corrected chi connectivity index (χ2v) is 6.24. The van der Waals surface area contributed by atoms with Crippen molar-refractivity contribution in [2.45, 2.75) is 12.5 Å². The van der Waals surface area contributed by atoms with Crippen molar-refractivity contribution in [1.82, 2.24) is 5.32 Å². The molecule has 0 aromatic heterocycles. The van der Waals surface area contributed by atoms with E-state index in [9.17, 15) is 18.0 Å². The summed E-state index contributed by atoms with van der Waals surface area (Å²) >= 11 is 0. The van der Waals surface area contributed by atoms with Crippen LogP contribution in [0.2, 0.25) is 0 Å². The molecule has 8 nitrogen and oxygen atoms in total. The Hall–Kier alpha value is -1.77. The highest BCUT2D eigenvalue weighted by molar-refractivity contribution is 7.90. The summed E-state index contributed by atoms with van der Waals surface area (Å²) < 4.78 is 31.8. The predicted octanol–water partition coefficient (Wildman–Crippen LogP) is -1.12. The topological polar surface area (TPSA) is 119 Å². The van der Waals surface area contributed by atoms with Gasteiger partial charge in [0.15, 0.2) is 0 Å². The van der Waals surface area contributed by atoms with Crippen LogP contribution in [0.1, 0.15) is 6.42 Å². The van der Waals surface area contributed by atoms with Crippen molar-refractivity contribution in [2.24, 2.45) is 0 Å². The molecule has 0 bridgehead atoms. The molecule has 0 aliphatic carbocycles. The predicted molar refractivity (Wildman–Crippen MR) is 63.9 cm³/mol. The lowest BCUT2D eigenvalue weighted by molar-refractivity contribution is -0.141. The summed E-state index contributed by atoms with van der Waals surface area (Å²) in [4.78, 5) is 22.6. The highest BCUT2D eigenvalue weighted by atomic mass is 32.2. The first-order valence-electron chi connectivity index (χ1n) is 5.45. The minimum atomic E-state index is -3.30. The van der Waals surface area contributed by atoms with Gasteiger partial charge in [-0.25, -0.2) is 13.2 Å². The van der Waals surface area contributed by atoms with Gasteiger partial charge in [0.25, 0.3) is 5.91 Å². The van der Waals surface area contributed by atoms with E-state index in [4.69, 9.17) is 14.6 Å². The molecule has 1 amide bonds. The number of amides is 1. The third-order valence-corrected chi connectivity index (χ3v) is 3.23. The lowest BCUT2D eigenvalue weighted by Crippen LogP contribution is -2.43. The van der Waals surface area contributed by atoms with E-state index in [-0.39, 0.29) is 24.5 Å². The Labute approximate surface area is 110 Å². The summed E-state index contributed by atoms with van der Waals surface area (Å²) in [5, 5.41) is 11.1. The van der Waals surface area contributed by atoms with Gasteiger partial charge in [0.1, 0.15) is 35.4 Å². The number of carbonyl (C=O) groups excluding carboxylic acids is 1. The molecule has 1 unspecified atom stereocenters. The largest absolute Gasteiger partial charge is 0.494 e. The number of carboxylic acids is 1. The number of hydrogen-bond donors (Lipinski definition) is 2. The summed E-state index contributed by atoms with van der Waals surface area (Å²) in [6.45, 7) is 0.507. The molecule has 108 valence electrons. The average Bonchev–Trinajstić information content (AvgIpc) is 2.33. The van der Waals surface area contributed by atoms with Gasteiger partial charge in [-0.1, -0.05) is 0 Å². The van der Waals surface area contributed by atoms with E-state index in [1.54, 1.807) is 0 Å². The van der Waals surface area contributed by atoms with E-state index in [1.165, 1.54) is 0 Å². The van der Waals surface area contributed by atoms with E-state index in [1.807, 2.05) is 0 Å². The summed E-state index contributed by atoms with van der Waals surface area (Å²) in [6, 6.07) is -1.30. The fourth-order valence-corrected chi connectivity index (χ4v) is 1.97. The van der Waals surface area contributed by atoms with Crippen LogP contribution in [-0.4, -0.2) is 56.7 Å². The molecule has 0 fully saturated rings. The van der Waals surface area contributed by atoms with Gasteiger partial charge in [0.05, 0.1) is 5.75 Å². The molecule has 0 spiro atoms. The zero-order valence-electron chi connectivity index (χ0n) is 10.3. The quantitative estimate of drug-likeness (QED) is 0.636. The van der Waals surface area contributed by atoms with Crippen molar-refractivity contribution in [3.8, 4) is 0 Å². The standard InChI is InChI=1S/C10H15NO7S/c1-19(15,16)5-2-7(10(13)14)11-9(12)8-6-17-3-4-18-8/h6-7H,2-5H2,1H3,(H,11,12)(H,13,14). The van der Waals surface area contributed by atoms with Gasteiger partial charge in [-0.2, -0.15) is 0 Å². The summed E-state index contributed by atoms with van der Waals surface area (Å²) in [7, 11) is -3.30. The average molecular weight is 293 g/mol. The number of carbonyl (C=O) groups is 2. The zero-order chi connectivity index (χ0) is 14.5. The van der Waals surface area contributed by atoms with Crippen LogP contribution in [0.5, 0.6) is 0 Å². The van der Waals surface area contributed by atoms with Crippen LogP contribution < -0.4 is 5.32 Å². The molecule has 0 aromatic rings. The Kier molecular flexibility index (Phi) is 5.16. The van der Waals surface area contributed by atoms with Crippen molar-refractivity contribution >= 4 is 21.7 Å². The van der Waals surface area contributed by atoms with Crippen LogP contribution in [0, 0.1) is 0 Å². The van der Waals surface area contributed by atoms with Crippen molar-refractivity contribution < 1.29 is 32.6 Å². The van der Waals surface area contributed by atoms with Gasteiger partial charge in [-0.05, 0) is 6.42 Å². The van der Waals surface area contributed by atoms with Gasteiger partial charge in [0.2, 0.25) is 5.76 Å². The normalized spacial score (nSPS) is 16.6. The van der Waals surface area contributed by atoms with Crippen LogP contribution in [-0.2, 0) is 28.9 Å². The maximum atomic E-state index is 11.6. The maximum Gasteiger partial charge on any atom is 0.326 e. The van der Waals surface area contributed by atoms with Gasteiger partial charge in [-0.3, -0.25) is 4.79 Å². The molecular formula is C10H15NO7S. The number of nitrogens with one attached hydrogen (secondary N) is 1. The maximum absolute atomic E-state index is 11.6. The molecular weight excluding hydrogens is 278 g/mol. The number of carboxylic acid groups (broad SMARTS) is 1. The van der Waals surface area contributed by atoms with Crippen LogP contribution in [0.15, 0.2) is 12.0 Å². The van der Waals surface area contributed by atoms with Crippen molar-refractivity contribution in [3.05, 3.63) is 12.0 Å². The zero-order valence-corrected chi connectivity index (χ0v) is 11.1. The molecule has 19 heavy (non-hydrogen) atoms. The number of rotatable bonds is 6. The van der Waals surface area contributed by atoms with E-state index in [0.29, 0.717) is 6.61 Å². The Morgan fingerprint density at radius 3 is 2.63 bits per heavy atom. The lowest BCUT2D eigenvalue weighted by Gasteiger charge is -2.18. The molecule has 1 heterocycles. The third-order valence-electron chi connectivity index (χ3n) is 2.25. The fourth-order valence-electron chi connectivity index (χ4n) is 1.31. The minimum absolute atomic E-state index is 0.128. The molecule has 9 heteroatoms. The first-order valence-corrected chi connectivity index (χ1v) is 7.51. The van der Waals surface area contributed by atoms with Crippen LogP contribution in [0.25, 0.3) is 0 Å². The molecule has 1 aliphatic rings. The fraction of sp³-hybridized carbons (Fsp3) is 0.600. The Bertz CT molecular complexity index is 482. The molecule has 1 aliphatic heterocycles. The Morgan fingerprint density at radius 2 is 2.16 bits per heavy atom. The van der Waals surface area contributed by atoms with Gasteiger partial charge < -0.3 is 19.9 Å². The molecule has 1 rings (SSSR count). The lowest BCUT2D eigenvalue weighted by atomic mass is 10.2.